The summed E-state index contributed by atoms with van der Waals surface area (Å²) in [4.78, 5) is 22.8. The van der Waals surface area contributed by atoms with Gasteiger partial charge in [-0.05, 0) is 31.5 Å². The molecule has 5 rings (SSSR count). The minimum atomic E-state index is -4.61. The van der Waals surface area contributed by atoms with E-state index in [2.05, 4.69) is 25.1 Å². The van der Waals surface area contributed by atoms with Gasteiger partial charge in [0.15, 0.2) is 11.5 Å². The second-order valence-corrected chi connectivity index (χ2v) is 10.7. The van der Waals surface area contributed by atoms with Crippen LogP contribution in [0.25, 0.3) is 0 Å². The van der Waals surface area contributed by atoms with Gasteiger partial charge >= 0.3 is 12.1 Å². The van der Waals surface area contributed by atoms with Crippen LogP contribution in [-0.2, 0) is 26.9 Å². The molecule has 4 heterocycles. The van der Waals surface area contributed by atoms with Crippen molar-refractivity contribution in [2.75, 3.05) is 44.6 Å². The number of nitrogens with one attached hydrogen (secondary N) is 1. The summed E-state index contributed by atoms with van der Waals surface area (Å²) in [6.45, 7) is 7.76. The Labute approximate surface area is 228 Å². The fraction of sp³-hybridized carbons (Fsp3) is 0.577. The van der Waals surface area contributed by atoms with Crippen molar-refractivity contribution < 1.29 is 41.7 Å². The number of ether oxygens (including phenoxy) is 3. The number of carboxylic acid groups (broad SMARTS) is 1. The number of alkyl halides is 3. The average molecular weight is 570 g/mol. The highest BCUT2D eigenvalue weighted by molar-refractivity contribution is 5.87. The highest BCUT2D eigenvalue weighted by atomic mass is 19.4. The summed E-state index contributed by atoms with van der Waals surface area (Å²) in [6, 6.07) is 3.68. The molecule has 0 spiro atoms. The Balaban J connectivity index is 1.17. The second-order valence-electron chi connectivity index (χ2n) is 10.7. The Morgan fingerprint density at radius 2 is 1.82 bits per heavy atom. The summed E-state index contributed by atoms with van der Waals surface area (Å²) in [6.07, 6.45) is -3.95. The summed E-state index contributed by atoms with van der Waals surface area (Å²) in [5.41, 5.74) is -0.730. The van der Waals surface area contributed by atoms with E-state index in [0.717, 1.165) is 26.2 Å². The summed E-state index contributed by atoms with van der Waals surface area (Å²) in [7, 11) is 0. The standard InChI is InChI=1S/C26H31F4N5O5/c1-25(2)39-22-18(32-21-11-31-10-20(33-21)26(28,29)30)14-38-19(23(22)40-25)13-35-7-5-34(6-8-35)12-15-3-4-16(24(36)37)17(27)9-15/h3-4,9-11,18-19,22-23H,5-8,12-14H2,1-2H3,(H,32,33)(H,36,37)/t18-,19+,22+,23-/m0/s1. The first-order valence-corrected chi connectivity index (χ1v) is 13.0. The Kier molecular flexibility index (Phi) is 7.99. The lowest BCUT2D eigenvalue weighted by Crippen LogP contribution is -2.58. The van der Waals surface area contributed by atoms with Gasteiger partial charge < -0.3 is 24.6 Å². The summed E-state index contributed by atoms with van der Waals surface area (Å²) < 4.78 is 71.8. The third-order valence-corrected chi connectivity index (χ3v) is 7.25. The molecule has 4 atom stereocenters. The monoisotopic (exact) mass is 569 g/mol. The largest absolute Gasteiger partial charge is 0.478 e. The first-order valence-electron chi connectivity index (χ1n) is 13.0. The van der Waals surface area contributed by atoms with Crippen molar-refractivity contribution in [2.24, 2.45) is 0 Å². The van der Waals surface area contributed by atoms with Crippen LogP contribution in [0, 0.1) is 5.82 Å². The zero-order chi connectivity index (χ0) is 28.7. The Hall–Kier alpha value is -2.91. The fourth-order valence-electron chi connectivity index (χ4n) is 5.35. The number of hydrogen-bond donors (Lipinski definition) is 2. The number of carbonyl (C=O) groups is 1. The van der Waals surface area contributed by atoms with E-state index in [4.69, 9.17) is 19.3 Å². The Morgan fingerprint density at radius 1 is 1.12 bits per heavy atom. The van der Waals surface area contributed by atoms with E-state index in [1.165, 1.54) is 18.3 Å². The maximum absolute atomic E-state index is 14.1. The molecule has 10 nitrogen and oxygen atoms in total. The van der Waals surface area contributed by atoms with Crippen LogP contribution >= 0.6 is 0 Å². The summed E-state index contributed by atoms with van der Waals surface area (Å²) in [5, 5.41) is 12.0. The van der Waals surface area contributed by atoms with Crippen molar-refractivity contribution in [3.63, 3.8) is 0 Å². The van der Waals surface area contributed by atoms with Gasteiger partial charge in [-0.1, -0.05) is 6.07 Å². The molecule has 218 valence electrons. The van der Waals surface area contributed by atoms with E-state index in [0.29, 0.717) is 24.8 Å². The van der Waals surface area contributed by atoms with E-state index in [9.17, 15) is 22.4 Å². The summed E-state index contributed by atoms with van der Waals surface area (Å²) in [5.74, 6) is -2.97. The zero-order valence-electron chi connectivity index (χ0n) is 22.0. The van der Waals surface area contributed by atoms with Gasteiger partial charge in [0.1, 0.15) is 23.8 Å². The number of piperazine rings is 1. The number of anilines is 1. The Bertz CT molecular complexity index is 1220. The van der Waals surface area contributed by atoms with Crippen molar-refractivity contribution in [3.8, 4) is 0 Å². The fourth-order valence-corrected chi connectivity index (χ4v) is 5.35. The molecule has 1 aromatic heterocycles. The van der Waals surface area contributed by atoms with Gasteiger partial charge in [0.25, 0.3) is 0 Å². The molecule has 0 unspecified atom stereocenters. The maximum Gasteiger partial charge on any atom is 0.434 e. The molecular formula is C26H31F4N5O5. The number of rotatable bonds is 7. The highest BCUT2D eigenvalue weighted by Crippen LogP contribution is 2.37. The van der Waals surface area contributed by atoms with Gasteiger partial charge in [-0.25, -0.2) is 14.2 Å². The van der Waals surface area contributed by atoms with Crippen molar-refractivity contribution in [2.45, 2.75) is 56.7 Å². The first-order chi connectivity index (χ1) is 18.9. The molecule has 3 saturated heterocycles. The van der Waals surface area contributed by atoms with Gasteiger partial charge in [-0.2, -0.15) is 13.2 Å². The van der Waals surface area contributed by atoms with Crippen molar-refractivity contribution >= 4 is 11.8 Å². The maximum atomic E-state index is 14.1. The van der Waals surface area contributed by atoms with Gasteiger partial charge in [0.05, 0.1) is 36.7 Å². The minimum absolute atomic E-state index is 0.0254. The summed E-state index contributed by atoms with van der Waals surface area (Å²) >= 11 is 0. The molecule has 3 aliphatic heterocycles. The number of aromatic carboxylic acids is 1. The van der Waals surface area contributed by atoms with Crippen LogP contribution in [0.3, 0.4) is 0 Å². The van der Waals surface area contributed by atoms with Gasteiger partial charge in [-0.3, -0.25) is 14.8 Å². The van der Waals surface area contributed by atoms with Crippen LogP contribution < -0.4 is 5.32 Å². The van der Waals surface area contributed by atoms with Gasteiger partial charge in [0.2, 0.25) is 0 Å². The average Bonchev–Trinajstić information content (AvgIpc) is 3.22. The van der Waals surface area contributed by atoms with Crippen LogP contribution in [0.1, 0.15) is 35.5 Å². The molecule has 2 aromatic rings. The Morgan fingerprint density at radius 3 is 2.50 bits per heavy atom. The molecule has 0 saturated carbocycles. The second kappa shape index (κ2) is 11.2. The molecular weight excluding hydrogens is 538 g/mol. The predicted molar refractivity (Wildman–Crippen MR) is 133 cm³/mol. The lowest BCUT2D eigenvalue weighted by molar-refractivity contribution is -0.156. The third-order valence-electron chi connectivity index (χ3n) is 7.25. The molecule has 3 aliphatic rings. The lowest BCUT2D eigenvalue weighted by atomic mass is 9.97. The topological polar surface area (TPSA) is 109 Å². The molecule has 3 fully saturated rings. The number of nitrogens with zero attached hydrogens (tertiary/aromatic N) is 4. The molecule has 40 heavy (non-hydrogen) atoms. The van der Waals surface area contributed by atoms with Crippen molar-refractivity contribution in [1.82, 2.24) is 19.8 Å². The van der Waals surface area contributed by atoms with Crippen LogP contribution in [0.5, 0.6) is 0 Å². The van der Waals surface area contributed by atoms with Gasteiger partial charge in [0, 0.05) is 39.3 Å². The van der Waals surface area contributed by atoms with E-state index >= 15 is 0 Å². The smallest absolute Gasteiger partial charge is 0.434 e. The van der Waals surface area contributed by atoms with Crippen molar-refractivity contribution in [1.29, 1.82) is 0 Å². The number of aromatic nitrogens is 2. The van der Waals surface area contributed by atoms with Crippen LogP contribution in [0.2, 0.25) is 0 Å². The van der Waals surface area contributed by atoms with E-state index < -0.39 is 47.7 Å². The number of hydrogen-bond acceptors (Lipinski definition) is 9. The lowest BCUT2D eigenvalue weighted by Gasteiger charge is -2.41. The predicted octanol–water partition coefficient (Wildman–Crippen LogP) is 2.85. The van der Waals surface area contributed by atoms with Gasteiger partial charge in [-0.15, -0.1) is 0 Å². The molecule has 0 bridgehead atoms. The molecule has 2 N–H and O–H groups in total. The van der Waals surface area contributed by atoms with Crippen LogP contribution in [0.15, 0.2) is 30.6 Å². The third kappa shape index (κ3) is 6.52. The quantitative estimate of drug-likeness (QED) is 0.484. The normalized spacial score (nSPS) is 27.4. The number of benzene rings is 1. The van der Waals surface area contributed by atoms with E-state index in [1.54, 1.807) is 19.9 Å². The molecule has 0 amide bonds. The SMILES string of the molecule is CC1(C)O[C@@H]2[C@H](O1)[C@@H](Nc1cncc(C(F)(F)F)n1)CO[C@@H]2CN1CCN(Cc2ccc(C(=O)O)c(F)c2)CC1. The van der Waals surface area contributed by atoms with E-state index in [-0.39, 0.29) is 24.1 Å². The van der Waals surface area contributed by atoms with E-state index in [1.807, 2.05) is 0 Å². The number of fused-ring (bicyclic) bond motifs is 1. The zero-order valence-corrected chi connectivity index (χ0v) is 22.0. The molecule has 1 aromatic carbocycles. The number of halogens is 4. The molecule has 0 radical (unpaired) electrons. The van der Waals surface area contributed by atoms with Crippen LogP contribution in [0.4, 0.5) is 23.4 Å². The first kappa shape index (κ1) is 28.6. The highest BCUT2D eigenvalue weighted by Gasteiger charge is 2.52. The number of carboxylic acids is 1. The molecule has 0 aliphatic carbocycles. The minimum Gasteiger partial charge on any atom is -0.478 e. The van der Waals surface area contributed by atoms with Crippen molar-refractivity contribution in [3.05, 3.63) is 53.2 Å². The van der Waals surface area contributed by atoms with Crippen LogP contribution in [-0.4, -0.2) is 100 Å². The molecule has 14 heteroatoms.